The molecular weight excluding hydrogens is 603 g/mol. The molecule has 1 aliphatic rings. The van der Waals surface area contributed by atoms with Crippen LogP contribution in [-0.4, -0.2) is 5.71 Å². The molecule has 0 N–H and O–H groups in total. The minimum atomic E-state index is -0.0957. The van der Waals surface area contributed by atoms with E-state index in [0.29, 0.717) is 0 Å². The van der Waals surface area contributed by atoms with Crippen LogP contribution in [0, 0.1) is 0 Å². The Morgan fingerprint density at radius 1 is 0.520 bits per heavy atom. The monoisotopic (exact) mass is 641 g/mol. The van der Waals surface area contributed by atoms with E-state index < -0.39 is 0 Å². The maximum atomic E-state index is 5.06. The first kappa shape index (κ1) is 30.3. The van der Waals surface area contributed by atoms with Gasteiger partial charge in [-0.25, -0.2) is 0 Å². The molecule has 9 rings (SSSR count). The summed E-state index contributed by atoms with van der Waals surface area (Å²) in [6, 6.07) is 56.1. The van der Waals surface area contributed by atoms with Crippen LogP contribution in [0.15, 0.2) is 157 Å². The van der Waals surface area contributed by atoms with Crippen LogP contribution in [-0.2, 0) is 11.8 Å². The van der Waals surface area contributed by atoms with Crippen LogP contribution in [0.25, 0.3) is 65.7 Å². The summed E-state index contributed by atoms with van der Waals surface area (Å²) in [4.78, 5) is 5.06. The molecule has 1 nitrogen and oxygen atoms in total. The fourth-order valence-corrected chi connectivity index (χ4v) is 8.38. The van der Waals surface area contributed by atoms with Crippen molar-refractivity contribution in [2.45, 2.75) is 39.5 Å². The van der Waals surface area contributed by atoms with Crippen molar-refractivity contribution >= 4 is 43.7 Å². The summed E-state index contributed by atoms with van der Waals surface area (Å²) >= 11 is 0. The second kappa shape index (κ2) is 11.7. The summed E-state index contributed by atoms with van der Waals surface area (Å²) in [5, 5.41) is 7.64. The van der Waals surface area contributed by atoms with Gasteiger partial charge in [-0.05, 0) is 126 Å². The average molecular weight is 642 g/mol. The summed E-state index contributed by atoms with van der Waals surface area (Å²) in [5.41, 5.74) is 14.9. The van der Waals surface area contributed by atoms with E-state index in [-0.39, 0.29) is 5.41 Å². The molecule has 8 aromatic rings. The first-order valence-electron chi connectivity index (χ1n) is 17.8. The molecule has 1 heteroatoms. The third kappa shape index (κ3) is 4.72. The summed E-state index contributed by atoms with van der Waals surface area (Å²) < 4.78 is 0. The van der Waals surface area contributed by atoms with Crippen molar-refractivity contribution in [2.75, 3.05) is 0 Å². The highest BCUT2D eigenvalue weighted by Crippen LogP contribution is 2.53. The van der Waals surface area contributed by atoms with E-state index in [0.717, 1.165) is 23.4 Å². The van der Waals surface area contributed by atoms with Crippen LogP contribution in [0.5, 0.6) is 0 Å². The zero-order valence-corrected chi connectivity index (χ0v) is 29.1. The minimum absolute atomic E-state index is 0.0957. The number of fused-ring (bicyclic) bond motifs is 6. The second-order valence-corrected chi connectivity index (χ2v) is 14.2. The maximum Gasteiger partial charge on any atom is 0.0664 e. The smallest absolute Gasteiger partial charge is 0.0664 e. The molecule has 8 aromatic carbocycles. The van der Waals surface area contributed by atoms with E-state index in [2.05, 4.69) is 179 Å². The molecular formula is C49H39N. The number of para-hydroxylation sites is 1. The van der Waals surface area contributed by atoms with Crippen molar-refractivity contribution in [1.29, 1.82) is 0 Å². The molecule has 0 radical (unpaired) electrons. The third-order valence-corrected chi connectivity index (χ3v) is 11.0. The van der Waals surface area contributed by atoms with Crippen LogP contribution in [0.4, 0.5) is 5.69 Å². The minimum Gasteiger partial charge on any atom is -0.253 e. The lowest BCUT2D eigenvalue weighted by molar-refractivity contribution is 0.661. The number of hydrogen-bond acceptors (Lipinski definition) is 1. The van der Waals surface area contributed by atoms with E-state index in [9.17, 15) is 0 Å². The van der Waals surface area contributed by atoms with Crippen molar-refractivity contribution in [3.8, 4) is 33.4 Å². The Hall–Kier alpha value is -5.79. The lowest BCUT2D eigenvalue weighted by atomic mass is 9.79. The fourth-order valence-electron chi connectivity index (χ4n) is 8.38. The Balaban J connectivity index is 1.32. The van der Waals surface area contributed by atoms with Gasteiger partial charge in [0.05, 0.1) is 5.69 Å². The number of hydrogen-bond donors (Lipinski definition) is 0. The van der Waals surface area contributed by atoms with Crippen LogP contribution >= 0.6 is 0 Å². The highest BCUT2D eigenvalue weighted by atomic mass is 14.7. The quantitative estimate of drug-likeness (QED) is 0.131. The summed E-state index contributed by atoms with van der Waals surface area (Å²) in [5.74, 6) is 0. The van der Waals surface area contributed by atoms with Gasteiger partial charge in [-0.2, -0.15) is 0 Å². The standard InChI is InChI=1S/C49H39N/c1-5-32-14-8-13-21-46(32)50-31(2)33-22-25-35(26-23-33)47-39-18-9-10-19-40(39)48(37-27-24-34-15-6-7-16-36(34)28-37)43-30-45-41(29-42(43)47)38-17-11-12-20-44(38)49(45,3)4/h6-30H,5H2,1-4H3. The van der Waals surface area contributed by atoms with Gasteiger partial charge in [-0.1, -0.05) is 148 Å². The molecule has 0 fully saturated rings. The van der Waals surface area contributed by atoms with E-state index in [4.69, 9.17) is 4.99 Å². The molecule has 0 aliphatic heterocycles. The molecule has 240 valence electrons. The normalized spacial score (nSPS) is 13.6. The first-order valence-corrected chi connectivity index (χ1v) is 17.8. The van der Waals surface area contributed by atoms with Crippen molar-refractivity contribution in [3.63, 3.8) is 0 Å². The molecule has 0 saturated carbocycles. The largest absolute Gasteiger partial charge is 0.253 e. The van der Waals surface area contributed by atoms with Gasteiger partial charge in [0.25, 0.3) is 0 Å². The molecule has 0 spiro atoms. The van der Waals surface area contributed by atoms with E-state index in [1.54, 1.807) is 0 Å². The Morgan fingerprint density at radius 3 is 1.92 bits per heavy atom. The molecule has 0 atom stereocenters. The van der Waals surface area contributed by atoms with Gasteiger partial charge in [0.2, 0.25) is 0 Å². The third-order valence-electron chi connectivity index (χ3n) is 11.0. The molecule has 50 heavy (non-hydrogen) atoms. The van der Waals surface area contributed by atoms with E-state index >= 15 is 0 Å². The van der Waals surface area contributed by atoms with Gasteiger partial charge in [-0.15, -0.1) is 0 Å². The van der Waals surface area contributed by atoms with Gasteiger partial charge in [-0.3, -0.25) is 4.99 Å². The topological polar surface area (TPSA) is 12.4 Å². The van der Waals surface area contributed by atoms with Gasteiger partial charge < -0.3 is 0 Å². The van der Waals surface area contributed by atoms with Crippen LogP contribution in [0.3, 0.4) is 0 Å². The Labute approximate surface area is 294 Å². The fraction of sp³-hybridized carbons (Fsp3) is 0.122. The van der Waals surface area contributed by atoms with Crippen molar-refractivity contribution in [3.05, 3.63) is 174 Å². The molecule has 0 amide bonds. The van der Waals surface area contributed by atoms with Crippen molar-refractivity contribution in [1.82, 2.24) is 0 Å². The van der Waals surface area contributed by atoms with Crippen LogP contribution < -0.4 is 0 Å². The predicted molar refractivity (Wildman–Crippen MR) is 215 cm³/mol. The van der Waals surface area contributed by atoms with E-state index in [1.807, 2.05) is 0 Å². The number of benzene rings is 8. The van der Waals surface area contributed by atoms with Crippen LogP contribution in [0.1, 0.15) is 49.9 Å². The van der Waals surface area contributed by atoms with Gasteiger partial charge in [0.1, 0.15) is 0 Å². The second-order valence-electron chi connectivity index (χ2n) is 14.2. The maximum absolute atomic E-state index is 5.06. The molecule has 0 saturated heterocycles. The number of rotatable bonds is 5. The molecule has 1 aliphatic carbocycles. The molecule has 0 aromatic heterocycles. The zero-order chi connectivity index (χ0) is 34.0. The van der Waals surface area contributed by atoms with Gasteiger partial charge in [0.15, 0.2) is 0 Å². The number of nitrogens with zero attached hydrogens (tertiary/aromatic N) is 1. The SMILES string of the molecule is CCc1ccccc1N=C(C)c1ccc(-c2c3ccccc3c(-c3ccc4ccccc4c3)c3cc4c(cc23)-c2ccccc2C4(C)C)cc1. The number of aryl methyl sites for hydroxylation is 1. The van der Waals surface area contributed by atoms with Crippen molar-refractivity contribution < 1.29 is 0 Å². The Bertz CT molecular complexity index is 2650. The number of aliphatic imine (C=N–C) groups is 1. The highest BCUT2D eigenvalue weighted by Gasteiger charge is 2.36. The lowest BCUT2D eigenvalue weighted by Gasteiger charge is -2.24. The molecule has 0 unspecified atom stereocenters. The predicted octanol–water partition coefficient (Wildman–Crippen LogP) is 13.5. The first-order chi connectivity index (χ1) is 24.4. The summed E-state index contributed by atoms with van der Waals surface area (Å²) in [6.45, 7) is 9.06. The summed E-state index contributed by atoms with van der Waals surface area (Å²) in [7, 11) is 0. The zero-order valence-electron chi connectivity index (χ0n) is 29.1. The van der Waals surface area contributed by atoms with Gasteiger partial charge in [0, 0.05) is 11.1 Å². The van der Waals surface area contributed by atoms with Crippen LogP contribution in [0.2, 0.25) is 0 Å². The summed E-state index contributed by atoms with van der Waals surface area (Å²) in [6.07, 6.45) is 0.965. The average Bonchev–Trinajstić information content (AvgIpc) is 3.38. The Morgan fingerprint density at radius 2 is 1.14 bits per heavy atom. The van der Waals surface area contributed by atoms with Crippen molar-refractivity contribution in [2.24, 2.45) is 4.99 Å². The lowest BCUT2D eigenvalue weighted by Crippen LogP contribution is -2.14. The molecule has 0 heterocycles. The van der Waals surface area contributed by atoms with Gasteiger partial charge >= 0.3 is 0 Å². The Kier molecular flexibility index (Phi) is 7.07. The van der Waals surface area contributed by atoms with E-state index in [1.165, 1.54) is 82.4 Å². The molecule has 0 bridgehead atoms. The highest BCUT2D eigenvalue weighted by molar-refractivity contribution is 6.23.